The summed E-state index contributed by atoms with van der Waals surface area (Å²) in [5, 5.41) is 0. The topological polar surface area (TPSA) is 26.3 Å². The molecule has 0 radical (unpaired) electrons. The summed E-state index contributed by atoms with van der Waals surface area (Å²) in [4.78, 5) is 11.1. The number of hydrogen-bond donors (Lipinski definition) is 0. The second-order valence-corrected chi connectivity index (χ2v) is 4.61. The number of ether oxygens (including phenoxy) is 1. The van der Waals surface area contributed by atoms with E-state index in [0.717, 1.165) is 19.6 Å². The van der Waals surface area contributed by atoms with E-state index in [1.54, 1.807) is 6.92 Å². The Hall–Kier alpha value is -0.370. The van der Waals surface area contributed by atoms with Crippen molar-refractivity contribution in [1.82, 2.24) is 0 Å². The molecular formula is C12H22O2. The Morgan fingerprint density at radius 3 is 2.64 bits per heavy atom. The van der Waals surface area contributed by atoms with Crippen molar-refractivity contribution in [3.63, 3.8) is 0 Å². The lowest BCUT2D eigenvalue weighted by Gasteiger charge is -2.34. The molecule has 2 nitrogen and oxygen atoms in total. The van der Waals surface area contributed by atoms with Gasteiger partial charge in [0.15, 0.2) is 0 Å². The summed E-state index contributed by atoms with van der Waals surface area (Å²) in [6.07, 6.45) is 3.41. The molecule has 0 aliphatic heterocycles. The van der Waals surface area contributed by atoms with Crippen LogP contribution in [0, 0.1) is 17.8 Å². The zero-order valence-corrected chi connectivity index (χ0v) is 9.58. The highest BCUT2D eigenvalue weighted by Gasteiger charge is 2.34. The van der Waals surface area contributed by atoms with E-state index in [2.05, 4.69) is 13.8 Å². The average Bonchev–Trinajstić information content (AvgIpc) is 2.08. The normalized spacial score (nSPS) is 28.2. The number of rotatable bonds is 6. The second-order valence-electron chi connectivity index (χ2n) is 4.61. The molecule has 0 aromatic heterocycles. The highest BCUT2D eigenvalue weighted by Crippen LogP contribution is 2.35. The van der Waals surface area contributed by atoms with Gasteiger partial charge in [0.2, 0.25) is 0 Å². The van der Waals surface area contributed by atoms with Crippen molar-refractivity contribution < 1.29 is 9.53 Å². The van der Waals surface area contributed by atoms with Gasteiger partial charge in [-0.25, -0.2) is 0 Å². The van der Waals surface area contributed by atoms with Crippen molar-refractivity contribution in [2.75, 3.05) is 13.2 Å². The van der Waals surface area contributed by atoms with Gasteiger partial charge in [0.25, 0.3) is 0 Å². The van der Waals surface area contributed by atoms with Crippen molar-refractivity contribution in [1.29, 1.82) is 0 Å². The van der Waals surface area contributed by atoms with Gasteiger partial charge in [-0.05, 0) is 31.6 Å². The van der Waals surface area contributed by atoms with Crippen LogP contribution in [0.25, 0.3) is 0 Å². The molecule has 0 amide bonds. The first-order valence-electron chi connectivity index (χ1n) is 5.73. The third kappa shape index (κ3) is 3.09. The van der Waals surface area contributed by atoms with Crippen LogP contribution in [0.1, 0.15) is 40.0 Å². The minimum Gasteiger partial charge on any atom is -0.381 e. The Morgan fingerprint density at radius 2 is 2.21 bits per heavy atom. The summed E-state index contributed by atoms with van der Waals surface area (Å²) in [6.45, 7) is 7.71. The summed E-state index contributed by atoms with van der Waals surface area (Å²) < 4.78 is 5.62. The highest BCUT2D eigenvalue weighted by molar-refractivity contribution is 5.79. The fourth-order valence-corrected chi connectivity index (χ4v) is 1.84. The van der Waals surface area contributed by atoms with Gasteiger partial charge in [-0.1, -0.05) is 20.3 Å². The molecule has 0 aromatic carbocycles. The number of carbonyl (C=O) groups is 1. The predicted molar refractivity (Wildman–Crippen MR) is 57.2 cm³/mol. The van der Waals surface area contributed by atoms with E-state index in [4.69, 9.17) is 4.74 Å². The number of ketones is 1. The van der Waals surface area contributed by atoms with Gasteiger partial charge < -0.3 is 4.74 Å². The van der Waals surface area contributed by atoms with Gasteiger partial charge in [0, 0.05) is 12.5 Å². The molecule has 1 aliphatic rings. The molecule has 0 saturated heterocycles. The van der Waals surface area contributed by atoms with E-state index in [1.165, 1.54) is 12.8 Å². The Balaban J connectivity index is 2.10. The van der Waals surface area contributed by atoms with Crippen LogP contribution in [0.15, 0.2) is 0 Å². The lowest BCUT2D eigenvalue weighted by Crippen LogP contribution is -2.35. The fourth-order valence-electron chi connectivity index (χ4n) is 1.84. The van der Waals surface area contributed by atoms with E-state index < -0.39 is 0 Å². The molecule has 1 saturated carbocycles. The molecule has 1 aliphatic carbocycles. The molecule has 0 bridgehead atoms. The van der Waals surface area contributed by atoms with Crippen molar-refractivity contribution >= 4 is 5.78 Å². The summed E-state index contributed by atoms with van der Waals surface area (Å²) >= 11 is 0. The number of hydrogen-bond acceptors (Lipinski definition) is 2. The van der Waals surface area contributed by atoms with E-state index in [9.17, 15) is 4.79 Å². The molecule has 0 spiro atoms. The maximum atomic E-state index is 11.1. The third-order valence-corrected chi connectivity index (χ3v) is 3.37. The molecule has 0 heterocycles. The molecule has 14 heavy (non-hydrogen) atoms. The maximum Gasteiger partial charge on any atom is 0.133 e. The van der Waals surface area contributed by atoms with E-state index in [0.29, 0.717) is 23.5 Å². The second kappa shape index (κ2) is 5.50. The molecule has 2 heteroatoms. The Bertz CT molecular complexity index is 189. The van der Waals surface area contributed by atoms with Crippen LogP contribution >= 0.6 is 0 Å². The molecule has 0 N–H and O–H groups in total. The lowest BCUT2D eigenvalue weighted by molar-refractivity contribution is -0.127. The van der Waals surface area contributed by atoms with Crippen molar-refractivity contribution in [2.45, 2.75) is 40.0 Å². The Labute approximate surface area is 87.0 Å². The van der Waals surface area contributed by atoms with Gasteiger partial charge in [0.1, 0.15) is 5.78 Å². The zero-order chi connectivity index (χ0) is 10.6. The highest BCUT2D eigenvalue weighted by atomic mass is 16.5. The van der Waals surface area contributed by atoms with Crippen molar-refractivity contribution in [2.24, 2.45) is 17.8 Å². The maximum absolute atomic E-state index is 11.1. The minimum absolute atomic E-state index is 0.298. The van der Waals surface area contributed by atoms with Gasteiger partial charge >= 0.3 is 0 Å². The first kappa shape index (κ1) is 11.7. The minimum atomic E-state index is 0.298. The SMILES string of the molecule is CCC(C)COCC1CCC1C(C)=O. The summed E-state index contributed by atoms with van der Waals surface area (Å²) in [5.41, 5.74) is 0. The smallest absolute Gasteiger partial charge is 0.133 e. The van der Waals surface area contributed by atoms with Gasteiger partial charge in [-0.3, -0.25) is 4.79 Å². The van der Waals surface area contributed by atoms with Gasteiger partial charge in [0.05, 0.1) is 6.61 Å². The molecule has 1 fully saturated rings. The molecule has 1 rings (SSSR count). The molecule has 82 valence electrons. The van der Waals surface area contributed by atoms with Crippen molar-refractivity contribution in [3.8, 4) is 0 Å². The Kier molecular flexibility index (Phi) is 4.59. The number of carbonyl (C=O) groups excluding carboxylic acids is 1. The number of Topliss-reactive ketones (excluding diaryl/α,β-unsaturated/α-hetero) is 1. The van der Waals surface area contributed by atoms with Crippen LogP contribution < -0.4 is 0 Å². The van der Waals surface area contributed by atoms with Crippen LogP contribution in [0.4, 0.5) is 0 Å². The van der Waals surface area contributed by atoms with Gasteiger partial charge in [-0.2, -0.15) is 0 Å². The fraction of sp³-hybridized carbons (Fsp3) is 0.917. The summed E-state index contributed by atoms with van der Waals surface area (Å²) in [7, 11) is 0. The standard InChI is InChI=1S/C12H22O2/c1-4-9(2)7-14-8-11-5-6-12(11)10(3)13/h9,11-12H,4-8H2,1-3H3. The van der Waals surface area contributed by atoms with Crippen molar-refractivity contribution in [3.05, 3.63) is 0 Å². The molecular weight excluding hydrogens is 176 g/mol. The first-order valence-corrected chi connectivity index (χ1v) is 5.73. The van der Waals surface area contributed by atoms with Crippen LogP contribution in [0.5, 0.6) is 0 Å². The van der Waals surface area contributed by atoms with Crippen LogP contribution in [-0.4, -0.2) is 19.0 Å². The van der Waals surface area contributed by atoms with Crippen LogP contribution in [0.3, 0.4) is 0 Å². The van der Waals surface area contributed by atoms with Crippen LogP contribution in [-0.2, 0) is 9.53 Å². The molecule has 3 unspecified atom stereocenters. The molecule has 0 aromatic rings. The summed E-state index contributed by atoms with van der Waals surface area (Å²) in [6, 6.07) is 0. The molecule has 3 atom stereocenters. The zero-order valence-electron chi connectivity index (χ0n) is 9.58. The summed E-state index contributed by atoms with van der Waals surface area (Å²) in [5.74, 6) is 1.79. The largest absolute Gasteiger partial charge is 0.381 e. The quantitative estimate of drug-likeness (QED) is 0.656. The van der Waals surface area contributed by atoms with E-state index in [-0.39, 0.29) is 0 Å². The third-order valence-electron chi connectivity index (χ3n) is 3.37. The monoisotopic (exact) mass is 198 g/mol. The Morgan fingerprint density at radius 1 is 1.50 bits per heavy atom. The van der Waals surface area contributed by atoms with Gasteiger partial charge in [-0.15, -0.1) is 0 Å². The van der Waals surface area contributed by atoms with Crippen LogP contribution in [0.2, 0.25) is 0 Å². The predicted octanol–water partition coefficient (Wildman–Crippen LogP) is 2.66. The van der Waals surface area contributed by atoms with E-state index >= 15 is 0 Å². The lowest BCUT2D eigenvalue weighted by atomic mass is 9.72. The first-order chi connectivity index (χ1) is 6.65. The average molecular weight is 198 g/mol. The van der Waals surface area contributed by atoms with E-state index in [1.807, 2.05) is 0 Å².